The fraction of sp³-hybridized carbons (Fsp3) is 0.435. The Morgan fingerprint density at radius 2 is 1.90 bits per heavy atom. The topological polar surface area (TPSA) is 68.8 Å². The molecule has 0 aliphatic rings. The first-order chi connectivity index (χ1) is 14.4. The first kappa shape index (κ1) is 24.2. The quantitative estimate of drug-likeness (QED) is 0.433. The molecule has 0 bridgehead atoms. The number of ether oxygens (including phenoxy) is 3. The fourth-order valence-electron chi connectivity index (χ4n) is 2.74. The van der Waals surface area contributed by atoms with Crippen molar-refractivity contribution >= 4 is 27.5 Å². The number of carbonyl (C=O) groups is 1. The largest absolute Gasteiger partial charge is 0.493 e. The SMILES string of the molecule is COc1cc(CNCCCOC(C)C)cc(Br)c1OCC(=O)Nc1ccc(C)cc1. The molecular formula is C23H31BrN2O4. The third kappa shape index (κ3) is 8.34. The number of halogens is 1. The molecule has 6 nitrogen and oxygen atoms in total. The van der Waals surface area contributed by atoms with Gasteiger partial charge in [0, 0.05) is 18.8 Å². The van der Waals surface area contributed by atoms with Crippen LogP contribution >= 0.6 is 15.9 Å². The Labute approximate surface area is 187 Å². The number of carbonyl (C=O) groups excluding carboxylic acids is 1. The second-order valence-electron chi connectivity index (χ2n) is 7.26. The molecule has 1 amide bonds. The van der Waals surface area contributed by atoms with Crippen molar-refractivity contribution < 1.29 is 19.0 Å². The van der Waals surface area contributed by atoms with E-state index in [0.29, 0.717) is 18.0 Å². The summed E-state index contributed by atoms with van der Waals surface area (Å²) in [6.45, 7) is 8.26. The highest BCUT2D eigenvalue weighted by atomic mass is 79.9. The van der Waals surface area contributed by atoms with Crippen molar-refractivity contribution in [2.75, 3.05) is 32.2 Å². The van der Waals surface area contributed by atoms with Gasteiger partial charge in [-0.05, 0) is 79.5 Å². The maximum absolute atomic E-state index is 12.2. The predicted molar refractivity (Wildman–Crippen MR) is 123 cm³/mol. The molecule has 0 heterocycles. The Balaban J connectivity index is 1.86. The van der Waals surface area contributed by atoms with Gasteiger partial charge in [0.2, 0.25) is 0 Å². The number of hydrogen-bond donors (Lipinski definition) is 2. The van der Waals surface area contributed by atoms with Crippen LogP contribution in [-0.4, -0.2) is 38.9 Å². The molecule has 164 valence electrons. The molecule has 0 spiro atoms. The Hall–Kier alpha value is -2.09. The van der Waals surface area contributed by atoms with Gasteiger partial charge in [0.1, 0.15) is 0 Å². The third-order valence-electron chi connectivity index (χ3n) is 4.25. The first-order valence-electron chi connectivity index (χ1n) is 10.1. The van der Waals surface area contributed by atoms with E-state index in [4.69, 9.17) is 14.2 Å². The van der Waals surface area contributed by atoms with Crippen LogP contribution in [-0.2, 0) is 16.1 Å². The van der Waals surface area contributed by atoms with Crippen LogP contribution in [0.5, 0.6) is 11.5 Å². The highest BCUT2D eigenvalue weighted by Gasteiger charge is 2.14. The number of rotatable bonds is 12. The summed E-state index contributed by atoms with van der Waals surface area (Å²) in [4.78, 5) is 12.2. The van der Waals surface area contributed by atoms with Gasteiger partial charge in [-0.15, -0.1) is 0 Å². The lowest BCUT2D eigenvalue weighted by atomic mass is 10.2. The van der Waals surface area contributed by atoms with Crippen LogP contribution in [0.4, 0.5) is 5.69 Å². The summed E-state index contributed by atoms with van der Waals surface area (Å²) < 4.78 is 17.5. The van der Waals surface area contributed by atoms with Crippen LogP contribution in [0.2, 0.25) is 0 Å². The molecule has 0 saturated carbocycles. The molecule has 0 fully saturated rings. The Morgan fingerprint density at radius 3 is 2.57 bits per heavy atom. The molecule has 0 atom stereocenters. The molecular weight excluding hydrogens is 448 g/mol. The van der Waals surface area contributed by atoms with Crippen LogP contribution in [0.15, 0.2) is 40.9 Å². The van der Waals surface area contributed by atoms with Gasteiger partial charge < -0.3 is 24.8 Å². The summed E-state index contributed by atoms with van der Waals surface area (Å²) in [5.74, 6) is 0.847. The number of hydrogen-bond acceptors (Lipinski definition) is 5. The van der Waals surface area contributed by atoms with Crippen molar-refractivity contribution in [1.29, 1.82) is 0 Å². The standard InChI is InChI=1S/C23H31BrN2O4/c1-16(2)29-11-5-10-25-14-18-12-20(24)23(21(13-18)28-4)30-15-22(27)26-19-8-6-17(3)7-9-19/h6-9,12-13,16,25H,5,10-11,14-15H2,1-4H3,(H,26,27). The average Bonchev–Trinajstić information content (AvgIpc) is 2.70. The van der Waals surface area contributed by atoms with Gasteiger partial charge in [0.05, 0.1) is 17.7 Å². The summed E-state index contributed by atoms with van der Waals surface area (Å²) in [6.07, 6.45) is 1.21. The van der Waals surface area contributed by atoms with Crippen LogP contribution in [0.1, 0.15) is 31.4 Å². The van der Waals surface area contributed by atoms with E-state index in [1.807, 2.05) is 57.2 Å². The Morgan fingerprint density at radius 1 is 1.17 bits per heavy atom. The van der Waals surface area contributed by atoms with E-state index in [9.17, 15) is 4.79 Å². The van der Waals surface area contributed by atoms with Gasteiger partial charge in [-0.25, -0.2) is 0 Å². The molecule has 2 N–H and O–H groups in total. The smallest absolute Gasteiger partial charge is 0.262 e. The van der Waals surface area contributed by atoms with Crippen molar-refractivity contribution in [2.24, 2.45) is 0 Å². The lowest BCUT2D eigenvalue weighted by molar-refractivity contribution is -0.118. The van der Waals surface area contributed by atoms with Crippen molar-refractivity contribution in [1.82, 2.24) is 5.32 Å². The van der Waals surface area contributed by atoms with Gasteiger partial charge in [-0.1, -0.05) is 17.7 Å². The monoisotopic (exact) mass is 478 g/mol. The number of aryl methyl sites for hydroxylation is 1. The second kappa shape index (κ2) is 12.6. The minimum Gasteiger partial charge on any atom is -0.493 e. The zero-order valence-corrected chi connectivity index (χ0v) is 19.7. The molecule has 0 aliphatic carbocycles. The van der Waals surface area contributed by atoms with Crippen molar-refractivity contribution in [3.8, 4) is 11.5 Å². The number of benzene rings is 2. The third-order valence-corrected chi connectivity index (χ3v) is 4.84. The molecule has 2 aromatic rings. The summed E-state index contributed by atoms with van der Waals surface area (Å²) in [6, 6.07) is 11.5. The van der Waals surface area contributed by atoms with Crippen LogP contribution in [0.3, 0.4) is 0 Å². The van der Waals surface area contributed by atoms with E-state index in [1.54, 1.807) is 7.11 Å². The highest BCUT2D eigenvalue weighted by Crippen LogP contribution is 2.36. The molecule has 0 unspecified atom stereocenters. The lowest BCUT2D eigenvalue weighted by Crippen LogP contribution is -2.20. The minimum atomic E-state index is -0.234. The molecule has 2 aromatic carbocycles. The van der Waals surface area contributed by atoms with Gasteiger partial charge in [0.25, 0.3) is 5.91 Å². The van der Waals surface area contributed by atoms with Crippen LogP contribution < -0.4 is 20.1 Å². The summed E-state index contributed by atoms with van der Waals surface area (Å²) in [5.41, 5.74) is 2.93. The van der Waals surface area contributed by atoms with E-state index in [1.165, 1.54) is 0 Å². The number of anilines is 1. The van der Waals surface area contributed by atoms with E-state index < -0.39 is 0 Å². The van der Waals surface area contributed by atoms with Gasteiger partial charge in [-0.2, -0.15) is 0 Å². The average molecular weight is 479 g/mol. The zero-order chi connectivity index (χ0) is 21.9. The molecule has 0 saturated heterocycles. The highest BCUT2D eigenvalue weighted by molar-refractivity contribution is 9.10. The Bertz CT molecular complexity index is 810. The molecule has 0 radical (unpaired) electrons. The van der Waals surface area contributed by atoms with Gasteiger partial charge in [0.15, 0.2) is 18.1 Å². The second-order valence-corrected chi connectivity index (χ2v) is 8.12. The molecule has 30 heavy (non-hydrogen) atoms. The maximum Gasteiger partial charge on any atom is 0.262 e. The maximum atomic E-state index is 12.2. The molecule has 2 rings (SSSR count). The zero-order valence-electron chi connectivity index (χ0n) is 18.1. The van der Waals surface area contributed by atoms with Gasteiger partial charge >= 0.3 is 0 Å². The van der Waals surface area contributed by atoms with E-state index in [-0.39, 0.29) is 18.6 Å². The number of methoxy groups -OCH3 is 1. The van der Waals surface area contributed by atoms with Crippen molar-refractivity contribution in [3.63, 3.8) is 0 Å². The van der Waals surface area contributed by atoms with Crippen LogP contribution in [0.25, 0.3) is 0 Å². The number of amides is 1. The van der Waals surface area contributed by atoms with Crippen LogP contribution in [0, 0.1) is 6.92 Å². The normalized spacial score (nSPS) is 10.9. The summed E-state index contributed by atoms with van der Waals surface area (Å²) in [5, 5.41) is 6.21. The van der Waals surface area contributed by atoms with E-state index in [2.05, 4.69) is 26.6 Å². The van der Waals surface area contributed by atoms with Crippen molar-refractivity contribution in [2.45, 2.75) is 39.8 Å². The predicted octanol–water partition coefficient (Wildman–Crippen LogP) is 4.69. The molecule has 7 heteroatoms. The minimum absolute atomic E-state index is 0.115. The first-order valence-corrected chi connectivity index (χ1v) is 10.9. The number of nitrogens with one attached hydrogen (secondary N) is 2. The van der Waals surface area contributed by atoms with Crippen molar-refractivity contribution in [3.05, 3.63) is 52.0 Å². The van der Waals surface area contributed by atoms with Gasteiger partial charge in [-0.3, -0.25) is 4.79 Å². The van der Waals surface area contributed by atoms with E-state index in [0.717, 1.165) is 40.9 Å². The summed E-state index contributed by atoms with van der Waals surface area (Å²) in [7, 11) is 1.58. The lowest BCUT2D eigenvalue weighted by Gasteiger charge is -2.15. The Kier molecular flexibility index (Phi) is 10.1. The summed E-state index contributed by atoms with van der Waals surface area (Å²) >= 11 is 3.53. The van der Waals surface area contributed by atoms with E-state index >= 15 is 0 Å². The molecule has 0 aromatic heterocycles. The fourth-order valence-corrected chi connectivity index (χ4v) is 3.34. The molecule has 0 aliphatic heterocycles.